The van der Waals surface area contributed by atoms with E-state index in [0.717, 1.165) is 31.1 Å². The number of aromatic nitrogens is 1. The van der Waals surface area contributed by atoms with Crippen molar-refractivity contribution in [2.75, 3.05) is 13.1 Å². The highest BCUT2D eigenvalue weighted by molar-refractivity contribution is 5.81. The molecular weight excluding hydrogens is 258 g/mol. The van der Waals surface area contributed by atoms with Crippen LogP contribution in [-0.4, -0.2) is 35.1 Å². The first-order valence-corrected chi connectivity index (χ1v) is 8.11. The van der Waals surface area contributed by atoms with Gasteiger partial charge in [0.25, 0.3) is 0 Å². The van der Waals surface area contributed by atoms with Gasteiger partial charge in [-0.2, -0.15) is 0 Å². The highest BCUT2D eigenvalue weighted by atomic mass is 15.2. The molecule has 1 aromatic carbocycles. The van der Waals surface area contributed by atoms with Crippen molar-refractivity contribution in [3.63, 3.8) is 0 Å². The first-order chi connectivity index (χ1) is 10.3. The summed E-state index contributed by atoms with van der Waals surface area (Å²) in [7, 11) is 0. The lowest BCUT2D eigenvalue weighted by Crippen LogP contribution is -2.55. The van der Waals surface area contributed by atoms with E-state index in [1.165, 1.54) is 23.8 Å². The van der Waals surface area contributed by atoms with Crippen LogP contribution in [0.15, 0.2) is 36.5 Å². The maximum Gasteiger partial charge on any atom is 0.0705 e. The lowest BCUT2D eigenvalue weighted by Gasteiger charge is -2.40. The van der Waals surface area contributed by atoms with Gasteiger partial charge in [-0.3, -0.25) is 9.88 Å². The number of pyridine rings is 1. The number of fused-ring (bicyclic) bond motifs is 1. The number of para-hydroxylation sites is 1. The van der Waals surface area contributed by atoms with Gasteiger partial charge in [0.1, 0.15) is 0 Å². The fourth-order valence-corrected chi connectivity index (χ4v) is 3.64. The molecular formula is C18H23N3. The Morgan fingerprint density at radius 1 is 1.24 bits per heavy atom. The van der Waals surface area contributed by atoms with Crippen LogP contribution in [0, 0.1) is 5.92 Å². The van der Waals surface area contributed by atoms with Gasteiger partial charge in [-0.25, -0.2) is 0 Å². The molecule has 3 nitrogen and oxygen atoms in total. The molecule has 21 heavy (non-hydrogen) atoms. The highest BCUT2D eigenvalue weighted by Crippen LogP contribution is 2.37. The molecule has 0 bridgehead atoms. The zero-order valence-corrected chi connectivity index (χ0v) is 12.6. The summed E-state index contributed by atoms with van der Waals surface area (Å²) < 4.78 is 0. The normalized spacial score (nSPS) is 27.1. The van der Waals surface area contributed by atoms with Crippen molar-refractivity contribution in [1.29, 1.82) is 0 Å². The number of rotatable bonds is 3. The molecule has 1 saturated carbocycles. The smallest absolute Gasteiger partial charge is 0.0705 e. The highest BCUT2D eigenvalue weighted by Gasteiger charge is 2.37. The number of hydrogen-bond donors (Lipinski definition) is 1. The second-order valence-electron chi connectivity index (χ2n) is 6.63. The van der Waals surface area contributed by atoms with Crippen molar-refractivity contribution >= 4 is 10.9 Å². The molecule has 0 spiro atoms. The molecule has 0 amide bonds. The molecule has 1 aliphatic carbocycles. The van der Waals surface area contributed by atoms with Gasteiger partial charge in [-0.1, -0.05) is 18.2 Å². The molecule has 4 rings (SSSR count). The SMILES string of the molecule is CC1CN(Cc2ccnc3ccccc23)C(C2CC2)CN1. The van der Waals surface area contributed by atoms with Gasteiger partial charge in [0.15, 0.2) is 0 Å². The van der Waals surface area contributed by atoms with E-state index in [1.807, 2.05) is 6.20 Å². The van der Waals surface area contributed by atoms with E-state index in [0.29, 0.717) is 12.1 Å². The minimum Gasteiger partial charge on any atom is -0.311 e. The molecule has 2 aliphatic rings. The van der Waals surface area contributed by atoms with Gasteiger partial charge in [0.05, 0.1) is 5.52 Å². The van der Waals surface area contributed by atoms with Crippen LogP contribution in [0.25, 0.3) is 10.9 Å². The second-order valence-corrected chi connectivity index (χ2v) is 6.63. The zero-order chi connectivity index (χ0) is 14.2. The maximum atomic E-state index is 4.49. The van der Waals surface area contributed by atoms with Gasteiger partial charge < -0.3 is 5.32 Å². The summed E-state index contributed by atoms with van der Waals surface area (Å²) in [4.78, 5) is 7.18. The minimum atomic E-state index is 0.591. The molecule has 3 heteroatoms. The van der Waals surface area contributed by atoms with Crippen molar-refractivity contribution in [3.8, 4) is 0 Å². The molecule has 1 saturated heterocycles. The fraction of sp³-hybridized carbons (Fsp3) is 0.500. The predicted molar refractivity (Wildman–Crippen MR) is 86.1 cm³/mol. The van der Waals surface area contributed by atoms with Gasteiger partial charge >= 0.3 is 0 Å². The van der Waals surface area contributed by atoms with Crippen LogP contribution in [0.4, 0.5) is 0 Å². The number of piperazine rings is 1. The number of nitrogens with zero attached hydrogens (tertiary/aromatic N) is 2. The monoisotopic (exact) mass is 281 g/mol. The van der Waals surface area contributed by atoms with Gasteiger partial charge in [-0.05, 0) is 43.4 Å². The number of nitrogens with one attached hydrogen (secondary N) is 1. The Balaban J connectivity index is 1.63. The Kier molecular flexibility index (Phi) is 3.40. The van der Waals surface area contributed by atoms with Crippen LogP contribution in [0.3, 0.4) is 0 Å². The topological polar surface area (TPSA) is 28.2 Å². The number of hydrogen-bond acceptors (Lipinski definition) is 3. The fourth-order valence-electron chi connectivity index (χ4n) is 3.64. The first-order valence-electron chi connectivity index (χ1n) is 8.11. The van der Waals surface area contributed by atoms with E-state index in [-0.39, 0.29) is 0 Å². The van der Waals surface area contributed by atoms with Gasteiger partial charge in [0.2, 0.25) is 0 Å². The van der Waals surface area contributed by atoms with E-state index in [9.17, 15) is 0 Å². The summed E-state index contributed by atoms with van der Waals surface area (Å²) in [6, 6.07) is 12.0. The van der Waals surface area contributed by atoms with Crippen molar-refractivity contribution in [1.82, 2.24) is 15.2 Å². The third kappa shape index (κ3) is 2.68. The van der Waals surface area contributed by atoms with Crippen molar-refractivity contribution < 1.29 is 0 Å². The van der Waals surface area contributed by atoms with Crippen LogP contribution in [0.2, 0.25) is 0 Å². The van der Waals surface area contributed by atoms with Crippen LogP contribution in [0.1, 0.15) is 25.3 Å². The van der Waals surface area contributed by atoms with Crippen molar-refractivity contribution in [2.24, 2.45) is 5.92 Å². The maximum absolute atomic E-state index is 4.49. The summed E-state index contributed by atoms with van der Waals surface area (Å²) in [5.41, 5.74) is 2.53. The van der Waals surface area contributed by atoms with E-state index in [4.69, 9.17) is 0 Å². The average Bonchev–Trinajstić information content (AvgIpc) is 3.33. The van der Waals surface area contributed by atoms with Crippen LogP contribution < -0.4 is 5.32 Å². The summed E-state index contributed by atoms with van der Waals surface area (Å²) in [6.07, 6.45) is 4.78. The van der Waals surface area contributed by atoms with Crippen molar-refractivity contribution in [2.45, 2.75) is 38.4 Å². The van der Waals surface area contributed by atoms with Gasteiger partial charge in [-0.15, -0.1) is 0 Å². The largest absolute Gasteiger partial charge is 0.311 e. The first kappa shape index (κ1) is 13.2. The Hall–Kier alpha value is -1.45. The molecule has 110 valence electrons. The standard InChI is InChI=1S/C18H23N3/c1-13-11-21(18(10-20-13)14-6-7-14)12-15-8-9-19-17-5-3-2-4-16(15)17/h2-5,8-9,13-14,18,20H,6-7,10-12H2,1H3. The van der Waals surface area contributed by atoms with E-state index in [1.54, 1.807) is 0 Å². The summed E-state index contributed by atoms with van der Waals surface area (Å²) in [5.74, 6) is 0.915. The lowest BCUT2D eigenvalue weighted by molar-refractivity contribution is 0.112. The summed E-state index contributed by atoms with van der Waals surface area (Å²) >= 11 is 0. The molecule has 1 aliphatic heterocycles. The van der Waals surface area contributed by atoms with E-state index >= 15 is 0 Å². The quantitative estimate of drug-likeness (QED) is 0.937. The Morgan fingerprint density at radius 3 is 2.95 bits per heavy atom. The Morgan fingerprint density at radius 2 is 2.10 bits per heavy atom. The molecule has 2 fully saturated rings. The third-order valence-electron chi connectivity index (χ3n) is 4.93. The van der Waals surface area contributed by atoms with Crippen molar-refractivity contribution in [3.05, 3.63) is 42.1 Å². The molecule has 1 aromatic heterocycles. The molecule has 2 aromatic rings. The third-order valence-corrected chi connectivity index (χ3v) is 4.93. The molecule has 2 unspecified atom stereocenters. The number of benzene rings is 1. The summed E-state index contributed by atoms with van der Waals surface area (Å²) in [6.45, 7) is 5.64. The zero-order valence-electron chi connectivity index (χ0n) is 12.6. The molecule has 2 atom stereocenters. The van der Waals surface area contributed by atoms with Crippen LogP contribution in [0.5, 0.6) is 0 Å². The molecule has 1 N–H and O–H groups in total. The molecule has 0 radical (unpaired) electrons. The van der Waals surface area contributed by atoms with E-state index < -0.39 is 0 Å². The van der Waals surface area contributed by atoms with E-state index in [2.05, 4.69) is 52.5 Å². The lowest BCUT2D eigenvalue weighted by atomic mass is 10.0. The Labute approximate surface area is 126 Å². The average molecular weight is 281 g/mol. The summed E-state index contributed by atoms with van der Waals surface area (Å²) in [5, 5.41) is 4.96. The van der Waals surface area contributed by atoms with Crippen LogP contribution >= 0.6 is 0 Å². The Bertz CT molecular complexity index is 630. The second kappa shape index (κ2) is 5.39. The minimum absolute atomic E-state index is 0.591. The predicted octanol–water partition coefficient (Wildman–Crippen LogP) is 2.81. The molecule has 2 heterocycles. The van der Waals surface area contributed by atoms with Crippen LogP contribution in [-0.2, 0) is 6.54 Å². The van der Waals surface area contributed by atoms with Gasteiger partial charge in [0, 0.05) is 43.3 Å².